The quantitative estimate of drug-likeness (QED) is 0.809. The summed E-state index contributed by atoms with van der Waals surface area (Å²) >= 11 is 0. The molecule has 1 fully saturated rings. The molecule has 1 aromatic heterocycles. The van der Waals surface area contributed by atoms with Crippen LogP contribution in [-0.4, -0.2) is 29.9 Å². The standard InChI is InChI=1S/C12H18N2O3/c1-8-3-4-10(17-8)7-14-6-9(13)5-11(14)12(15)16-2/h5-6,8,10H,3-4,7,13H2,1-2H3. The van der Waals surface area contributed by atoms with Crippen LogP contribution < -0.4 is 5.73 Å². The van der Waals surface area contributed by atoms with E-state index in [4.69, 9.17) is 15.2 Å². The van der Waals surface area contributed by atoms with Crippen LogP contribution >= 0.6 is 0 Å². The summed E-state index contributed by atoms with van der Waals surface area (Å²) in [5, 5.41) is 0. The predicted molar refractivity (Wildman–Crippen MR) is 63.8 cm³/mol. The molecule has 1 aliphatic heterocycles. The van der Waals surface area contributed by atoms with Gasteiger partial charge in [-0.25, -0.2) is 4.79 Å². The van der Waals surface area contributed by atoms with E-state index in [1.165, 1.54) is 7.11 Å². The van der Waals surface area contributed by atoms with Gasteiger partial charge in [-0.2, -0.15) is 0 Å². The van der Waals surface area contributed by atoms with Crippen LogP contribution in [0.3, 0.4) is 0 Å². The summed E-state index contributed by atoms with van der Waals surface area (Å²) in [5.74, 6) is -0.368. The van der Waals surface area contributed by atoms with E-state index in [1.807, 2.05) is 4.57 Å². The molecule has 0 radical (unpaired) electrons. The number of nitrogens with zero attached hydrogens (tertiary/aromatic N) is 1. The van der Waals surface area contributed by atoms with Crippen LogP contribution in [-0.2, 0) is 16.0 Å². The van der Waals surface area contributed by atoms with Crippen molar-refractivity contribution in [2.45, 2.75) is 38.5 Å². The summed E-state index contributed by atoms with van der Waals surface area (Å²) in [6.07, 6.45) is 4.28. The third kappa shape index (κ3) is 2.61. The number of nitrogen functional groups attached to an aromatic ring is 1. The summed E-state index contributed by atoms with van der Waals surface area (Å²) in [6.45, 7) is 2.71. The molecule has 17 heavy (non-hydrogen) atoms. The van der Waals surface area contributed by atoms with Crippen molar-refractivity contribution >= 4 is 11.7 Å². The van der Waals surface area contributed by atoms with Gasteiger partial charge in [0.1, 0.15) is 5.69 Å². The third-order valence-corrected chi connectivity index (χ3v) is 3.03. The molecule has 2 heterocycles. The van der Waals surface area contributed by atoms with Crippen molar-refractivity contribution in [3.8, 4) is 0 Å². The van der Waals surface area contributed by atoms with Crippen molar-refractivity contribution in [1.29, 1.82) is 0 Å². The molecule has 0 aliphatic carbocycles. The summed E-state index contributed by atoms with van der Waals surface area (Å²) in [7, 11) is 1.37. The molecule has 5 heteroatoms. The number of carbonyl (C=O) groups is 1. The Labute approximate surface area is 100 Å². The van der Waals surface area contributed by atoms with Crippen molar-refractivity contribution in [3.05, 3.63) is 18.0 Å². The predicted octanol–water partition coefficient (Wildman–Crippen LogP) is 1.42. The minimum absolute atomic E-state index is 0.153. The lowest BCUT2D eigenvalue weighted by atomic mass is 10.2. The maximum Gasteiger partial charge on any atom is 0.354 e. The highest BCUT2D eigenvalue weighted by Gasteiger charge is 2.24. The van der Waals surface area contributed by atoms with Crippen molar-refractivity contribution < 1.29 is 14.3 Å². The number of hydrogen-bond donors (Lipinski definition) is 1. The molecule has 94 valence electrons. The van der Waals surface area contributed by atoms with Crippen molar-refractivity contribution in [2.24, 2.45) is 0 Å². The number of rotatable bonds is 3. The molecule has 5 nitrogen and oxygen atoms in total. The Morgan fingerprint density at radius 2 is 2.41 bits per heavy atom. The summed E-state index contributed by atoms with van der Waals surface area (Å²) in [4.78, 5) is 11.5. The fourth-order valence-corrected chi connectivity index (χ4v) is 2.20. The zero-order valence-electron chi connectivity index (χ0n) is 10.2. The van der Waals surface area contributed by atoms with E-state index in [9.17, 15) is 4.79 Å². The van der Waals surface area contributed by atoms with Crippen LogP contribution in [0.4, 0.5) is 5.69 Å². The van der Waals surface area contributed by atoms with Gasteiger partial charge in [-0.1, -0.05) is 0 Å². The smallest absolute Gasteiger partial charge is 0.354 e. The number of methoxy groups -OCH3 is 1. The Bertz CT molecular complexity index is 414. The lowest BCUT2D eigenvalue weighted by Gasteiger charge is -2.13. The lowest BCUT2D eigenvalue weighted by molar-refractivity contribution is 0.0434. The first-order chi connectivity index (χ1) is 8.10. The average Bonchev–Trinajstić information content (AvgIpc) is 2.85. The van der Waals surface area contributed by atoms with Gasteiger partial charge in [-0.15, -0.1) is 0 Å². The zero-order valence-corrected chi connectivity index (χ0v) is 10.2. The van der Waals surface area contributed by atoms with Gasteiger partial charge in [0.25, 0.3) is 0 Å². The van der Waals surface area contributed by atoms with Crippen LogP contribution in [0.25, 0.3) is 0 Å². The minimum Gasteiger partial charge on any atom is -0.464 e. The monoisotopic (exact) mass is 238 g/mol. The molecule has 1 aromatic rings. The van der Waals surface area contributed by atoms with E-state index in [-0.39, 0.29) is 12.1 Å². The Balaban J connectivity index is 2.12. The molecule has 0 aromatic carbocycles. The van der Waals surface area contributed by atoms with Crippen LogP contribution in [0.5, 0.6) is 0 Å². The highest BCUT2D eigenvalue weighted by molar-refractivity contribution is 5.88. The maximum atomic E-state index is 11.5. The molecule has 1 aliphatic rings. The molecule has 2 atom stereocenters. The van der Waals surface area contributed by atoms with Gasteiger partial charge in [0, 0.05) is 12.7 Å². The molecule has 0 saturated carbocycles. The molecule has 0 amide bonds. The second kappa shape index (κ2) is 4.79. The Kier molecular flexibility index (Phi) is 3.38. The maximum absolute atomic E-state index is 11.5. The third-order valence-electron chi connectivity index (χ3n) is 3.03. The zero-order chi connectivity index (χ0) is 12.4. The second-order valence-corrected chi connectivity index (χ2v) is 4.45. The Hall–Kier alpha value is -1.49. The second-order valence-electron chi connectivity index (χ2n) is 4.45. The molecule has 2 rings (SSSR count). The van der Waals surface area contributed by atoms with E-state index in [1.54, 1.807) is 12.3 Å². The number of hydrogen-bond acceptors (Lipinski definition) is 4. The molecular formula is C12H18N2O3. The molecule has 1 saturated heterocycles. The number of ether oxygens (including phenoxy) is 2. The van der Waals surface area contributed by atoms with E-state index in [2.05, 4.69) is 6.92 Å². The first-order valence-corrected chi connectivity index (χ1v) is 5.79. The number of aromatic nitrogens is 1. The average molecular weight is 238 g/mol. The molecule has 2 unspecified atom stereocenters. The lowest BCUT2D eigenvalue weighted by Crippen LogP contribution is -2.19. The summed E-state index contributed by atoms with van der Waals surface area (Å²) in [5.41, 5.74) is 6.75. The van der Waals surface area contributed by atoms with Gasteiger partial charge in [0.2, 0.25) is 0 Å². The van der Waals surface area contributed by atoms with Gasteiger partial charge < -0.3 is 19.8 Å². The number of anilines is 1. The molecule has 2 N–H and O–H groups in total. The Morgan fingerprint density at radius 1 is 1.65 bits per heavy atom. The van der Waals surface area contributed by atoms with Crippen molar-refractivity contribution in [2.75, 3.05) is 12.8 Å². The SMILES string of the molecule is COC(=O)c1cc(N)cn1CC1CCC(C)O1. The van der Waals surface area contributed by atoms with Crippen LogP contribution in [0.15, 0.2) is 12.3 Å². The minimum atomic E-state index is -0.368. The first kappa shape index (κ1) is 12.0. The van der Waals surface area contributed by atoms with Crippen molar-refractivity contribution in [1.82, 2.24) is 4.57 Å². The molecule has 0 bridgehead atoms. The molecular weight excluding hydrogens is 220 g/mol. The van der Waals surface area contributed by atoms with Gasteiger partial charge in [-0.3, -0.25) is 0 Å². The largest absolute Gasteiger partial charge is 0.464 e. The summed E-state index contributed by atoms with van der Waals surface area (Å²) in [6, 6.07) is 1.63. The van der Waals surface area contributed by atoms with E-state index in [0.29, 0.717) is 24.0 Å². The highest BCUT2D eigenvalue weighted by Crippen LogP contribution is 2.22. The Morgan fingerprint density at radius 3 is 3.00 bits per heavy atom. The fourth-order valence-electron chi connectivity index (χ4n) is 2.20. The van der Waals surface area contributed by atoms with Crippen LogP contribution in [0.1, 0.15) is 30.3 Å². The van der Waals surface area contributed by atoms with E-state index in [0.717, 1.165) is 12.8 Å². The fraction of sp³-hybridized carbons (Fsp3) is 0.583. The number of esters is 1. The van der Waals surface area contributed by atoms with E-state index >= 15 is 0 Å². The van der Waals surface area contributed by atoms with Gasteiger partial charge in [0.05, 0.1) is 25.0 Å². The van der Waals surface area contributed by atoms with Gasteiger partial charge in [0.15, 0.2) is 0 Å². The molecule has 0 spiro atoms. The topological polar surface area (TPSA) is 66.5 Å². The highest BCUT2D eigenvalue weighted by atomic mass is 16.5. The first-order valence-electron chi connectivity index (χ1n) is 5.79. The normalized spacial score (nSPS) is 23.9. The van der Waals surface area contributed by atoms with E-state index < -0.39 is 0 Å². The number of nitrogens with two attached hydrogens (primary N) is 1. The van der Waals surface area contributed by atoms with Crippen molar-refractivity contribution in [3.63, 3.8) is 0 Å². The van der Waals surface area contributed by atoms with Gasteiger partial charge >= 0.3 is 5.97 Å². The van der Waals surface area contributed by atoms with Crippen LogP contribution in [0, 0.1) is 0 Å². The summed E-state index contributed by atoms with van der Waals surface area (Å²) < 4.78 is 12.3. The van der Waals surface area contributed by atoms with Gasteiger partial charge in [-0.05, 0) is 25.8 Å². The number of carbonyl (C=O) groups excluding carboxylic acids is 1. The van der Waals surface area contributed by atoms with Crippen LogP contribution in [0.2, 0.25) is 0 Å².